The number of carbonyl (C=O) groups is 1. The largest absolute Gasteiger partial charge is 0.324 e. The number of aryl methyl sites for hydroxylation is 2. The van der Waals surface area contributed by atoms with E-state index in [-0.39, 0.29) is 5.78 Å². The number of hydrogen-bond acceptors (Lipinski definition) is 3. The Kier molecular flexibility index (Phi) is 3.46. The summed E-state index contributed by atoms with van der Waals surface area (Å²) in [6.07, 6.45) is 4.48. The Balaban J connectivity index is 1.87. The maximum Gasteiger partial charge on any atom is 0.192 e. The van der Waals surface area contributed by atoms with Crippen molar-refractivity contribution in [2.45, 2.75) is 39.2 Å². The van der Waals surface area contributed by atoms with Crippen LogP contribution in [0.5, 0.6) is 0 Å². The Bertz CT molecular complexity index is 629. The van der Waals surface area contributed by atoms with Crippen molar-refractivity contribution in [2.24, 2.45) is 0 Å². The van der Waals surface area contributed by atoms with Crippen LogP contribution >= 0.6 is 22.9 Å². The molecule has 100 valence electrons. The van der Waals surface area contributed by atoms with Crippen molar-refractivity contribution in [3.05, 3.63) is 38.6 Å². The van der Waals surface area contributed by atoms with Gasteiger partial charge in [0.2, 0.25) is 0 Å². The van der Waals surface area contributed by atoms with Crippen LogP contribution in [0.15, 0.2) is 12.1 Å². The van der Waals surface area contributed by atoms with Crippen LogP contribution in [0.25, 0.3) is 0 Å². The van der Waals surface area contributed by atoms with Gasteiger partial charge in [-0.05, 0) is 44.7 Å². The van der Waals surface area contributed by atoms with Gasteiger partial charge in [0.1, 0.15) is 5.82 Å². The molecular weight excluding hydrogens is 280 g/mol. The van der Waals surface area contributed by atoms with E-state index in [0.717, 1.165) is 23.5 Å². The minimum Gasteiger partial charge on any atom is -0.324 e. The quantitative estimate of drug-likeness (QED) is 0.810. The summed E-state index contributed by atoms with van der Waals surface area (Å²) in [6.45, 7) is 2.36. The molecule has 1 aliphatic rings. The highest BCUT2D eigenvalue weighted by Crippen LogP contribution is 2.25. The molecule has 0 fully saturated rings. The summed E-state index contributed by atoms with van der Waals surface area (Å²) in [6, 6.07) is 3.57. The summed E-state index contributed by atoms with van der Waals surface area (Å²) < 4.78 is 2.73. The second-order valence-electron chi connectivity index (χ2n) is 4.87. The van der Waals surface area contributed by atoms with Gasteiger partial charge < -0.3 is 4.57 Å². The summed E-state index contributed by atoms with van der Waals surface area (Å²) in [5, 5.41) is 0. The van der Waals surface area contributed by atoms with Crippen molar-refractivity contribution in [3.8, 4) is 0 Å². The minimum absolute atomic E-state index is 0.116. The summed E-state index contributed by atoms with van der Waals surface area (Å²) in [5.74, 6) is 1.06. The van der Waals surface area contributed by atoms with Crippen LogP contribution in [-0.2, 0) is 19.4 Å². The molecule has 0 saturated heterocycles. The summed E-state index contributed by atoms with van der Waals surface area (Å²) in [4.78, 5) is 17.6. The molecule has 1 aliphatic carbocycles. The fraction of sp³-hybridized carbons (Fsp3) is 0.429. The molecule has 0 bridgehead atoms. The first-order valence-corrected chi connectivity index (χ1v) is 7.68. The fourth-order valence-electron chi connectivity index (χ4n) is 2.63. The molecule has 0 aliphatic heterocycles. The van der Waals surface area contributed by atoms with E-state index in [4.69, 9.17) is 11.6 Å². The lowest BCUT2D eigenvalue weighted by molar-refractivity contribution is 0.0974. The molecular formula is C14H15ClN2OS. The third-order valence-corrected chi connectivity index (χ3v) is 4.85. The lowest BCUT2D eigenvalue weighted by atomic mass is 10.0. The lowest BCUT2D eigenvalue weighted by Crippen LogP contribution is -2.15. The SMILES string of the molecule is Cc1nc2c(n1CC(=O)c1ccc(Cl)s1)CCCC2. The van der Waals surface area contributed by atoms with Gasteiger partial charge in [0.15, 0.2) is 5.78 Å². The minimum atomic E-state index is 0.116. The van der Waals surface area contributed by atoms with Crippen LogP contribution in [0.3, 0.4) is 0 Å². The van der Waals surface area contributed by atoms with E-state index in [1.807, 2.05) is 6.92 Å². The highest BCUT2D eigenvalue weighted by atomic mass is 35.5. The summed E-state index contributed by atoms with van der Waals surface area (Å²) in [7, 11) is 0. The molecule has 5 heteroatoms. The molecule has 19 heavy (non-hydrogen) atoms. The number of imidazole rings is 1. The molecule has 2 heterocycles. The first-order valence-electron chi connectivity index (χ1n) is 6.48. The molecule has 0 aromatic carbocycles. The van der Waals surface area contributed by atoms with Crippen molar-refractivity contribution in [1.29, 1.82) is 0 Å². The molecule has 0 unspecified atom stereocenters. The maximum absolute atomic E-state index is 12.3. The molecule has 0 atom stereocenters. The molecule has 0 spiro atoms. The third-order valence-electron chi connectivity index (χ3n) is 3.57. The van der Waals surface area contributed by atoms with Crippen molar-refractivity contribution < 1.29 is 4.79 Å². The molecule has 3 rings (SSSR count). The number of thiophene rings is 1. The van der Waals surface area contributed by atoms with E-state index >= 15 is 0 Å². The van der Waals surface area contributed by atoms with Gasteiger partial charge >= 0.3 is 0 Å². The van der Waals surface area contributed by atoms with Crippen LogP contribution in [0.2, 0.25) is 4.34 Å². The Hall–Kier alpha value is -1.13. The number of ketones is 1. The zero-order chi connectivity index (χ0) is 13.4. The van der Waals surface area contributed by atoms with Gasteiger partial charge in [-0.3, -0.25) is 4.79 Å². The third kappa shape index (κ3) is 2.47. The van der Waals surface area contributed by atoms with E-state index in [1.54, 1.807) is 12.1 Å². The average Bonchev–Trinajstić information content (AvgIpc) is 2.95. The number of Topliss-reactive ketones (excluding diaryl/α,β-unsaturated/α-hetero) is 1. The average molecular weight is 295 g/mol. The van der Waals surface area contributed by atoms with Gasteiger partial charge in [0.05, 0.1) is 21.5 Å². The van der Waals surface area contributed by atoms with E-state index < -0.39 is 0 Å². The molecule has 0 saturated carbocycles. The van der Waals surface area contributed by atoms with Crippen molar-refractivity contribution in [1.82, 2.24) is 9.55 Å². The Labute approximate surface area is 121 Å². The smallest absolute Gasteiger partial charge is 0.192 e. The Morgan fingerprint density at radius 3 is 2.95 bits per heavy atom. The Morgan fingerprint density at radius 1 is 1.42 bits per heavy atom. The second kappa shape index (κ2) is 5.10. The molecule has 2 aromatic heterocycles. The van der Waals surface area contributed by atoms with E-state index in [9.17, 15) is 4.79 Å². The molecule has 3 nitrogen and oxygen atoms in total. The topological polar surface area (TPSA) is 34.9 Å². The molecule has 2 aromatic rings. The molecule has 0 amide bonds. The van der Waals surface area contributed by atoms with E-state index in [1.165, 1.54) is 35.6 Å². The van der Waals surface area contributed by atoms with Gasteiger partial charge in [-0.15, -0.1) is 11.3 Å². The molecule has 0 radical (unpaired) electrons. The zero-order valence-electron chi connectivity index (χ0n) is 10.8. The van der Waals surface area contributed by atoms with Crippen molar-refractivity contribution in [3.63, 3.8) is 0 Å². The lowest BCUT2D eigenvalue weighted by Gasteiger charge is -2.13. The normalized spacial score (nSPS) is 14.4. The monoisotopic (exact) mass is 294 g/mol. The second-order valence-corrected chi connectivity index (χ2v) is 6.59. The highest BCUT2D eigenvalue weighted by molar-refractivity contribution is 7.18. The summed E-state index contributed by atoms with van der Waals surface area (Å²) in [5.41, 5.74) is 2.43. The predicted octanol–water partition coefficient (Wildman–Crippen LogP) is 3.67. The fourth-order valence-corrected chi connectivity index (χ4v) is 3.60. The van der Waals surface area contributed by atoms with Gasteiger partial charge in [0.25, 0.3) is 0 Å². The van der Waals surface area contributed by atoms with Crippen LogP contribution in [0, 0.1) is 6.92 Å². The van der Waals surface area contributed by atoms with Gasteiger partial charge in [-0.25, -0.2) is 4.98 Å². The van der Waals surface area contributed by atoms with Gasteiger partial charge in [-0.2, -0.15) is 0 Å². The van der Waals surface area contributed by atoms with Crippen molar-refractivity contribution >= 4 is 28.7 Å². The summed E-state index contributed by atoms with van der Waals surface area (Å²) >= 11 is 7.22. The number of fused-ring (bicyclic) bond motifs is 1. The van der Waals surface area contributed by atoms with Crippen LogP contribution < -0.4 is 0 Å². The number of aromatic nitrogens is 2. The van der Waals surface area contributed by atoms with Crippen LogP contribution in [-0.4, -0.2) is 15.3 Å². The standard InChI is InChI=1S/C14H15ClN2OS/c1-9-16-10-4-2-3-5-11(10)17(9)8-12(18)13-6-7-14(15)19-13/h6-7H,2-5,8H2,1H3. The first kappa shape index (κ1) is 12.9. The van der Waals surface area contributed by atoms with Gasteiger partial charge in [0, 0.05) is 5.69 Å². The van der Waals surface area contributed by atoms with Crippen LogP contribution in [0.4, 0.5) is 0 Å². The number of nitrogens with zero attached hydrogens (tertiary/aromatic N) is 2. The maximum atomic E-state index is 12.3. The zero-order valence-corrected chi connectivity index (χ0v) is 12.4. The number of rotatable bonds is 3. The number of hydrogen-bond donors (Lipinski definition) is 0. The number of halogens is 1. The van der Waals surface area contributed by atoms with Crippen molar-refractivity contribution in [2.75, 3.05) is 0 Å². The van der Waals surface area contributed by atoms with E-state index in [2.05, 4.69) is 9.55 Å². The predicted molar refractivity (Wildman–Crippen MR) is 77.3 cm³/mol. The Morgan fingerprint density at radius 2 is 2.21 bits per heavy atom. The molecule has 0 N–H and O–H groups in total. The first-order chi connectivity index (χ1) is 9.15. The van der Waals surface area contributed by atoms with Gasteiger partial charge in [-0.1, -0.05) is 11.6 Å². The van der Waals surface area contributed by atoms with E-state index in [0.29, 0.717) is 10.9 Å². The number of carbonyl (C=O) groups excluding carboxylic acids is 1. The highest BCUT2D eigenvalue weighted by Gasteiger charge is 2.20. The van der Waals surface area contributed by atoms with Crippen LogP contribution in [0.1, 0.15) is 39.7 Å².